The van der Waals surface area contributed by atoms with Crippen LogP contribution in [0.15, 0.2) is 35.5 Å². The Morgan fingerprint density at radius 1 is 1.50 bits per heavy atom. The van der Waals surface area contributed by atoms with Crippen molar-refractivity contribution in [3.8, 4) is 0 Å². The Hall–Kier alpha value is -2.25. The van der Waals surface area contributed by atoms with Gasteiger partial charge in [-0.2, -0.15) is 0 Å². The Balaban J connectivity index is 2.56. The Morgan fingerprint density at radius 3 is 2.79 bits per heavy atom. The van der Waals surface area contributed by atoms with Crippen molar-refractivity contribution in [2.75, 3.05) is 13.7 Å². The molecule has 0 bridgehead atoms. The highest BCUT2D eigenvalue weighted by molar-refractivity contribution is 5.91. The zero-order valence-corrected chi connectivity index (χ0v) is 16.6. The summed E-state index contributed by atoms with van der Waals surface area (Å²) in [5, 5.41) is 9.63. The first-order chi connectivity index (χ1) is 13.4. The topological polar surface area (TPSA) is 99.1 Å². The van der Waals surface area contributed by atoms with Gasteiger partial charge in [-0.05, 0) is 30.9 Å². The molecule has 0 aromatic rings. The highest BCUT2D eigenvalue weighted by Gasteiger charge is 2.48. The zero-order chi connectivity index (χ0) is 20.8. The lowest BCUT2D eigenvalue weighted by molar-refractivity contribution is -0.164. The minimum atomic E-state index is -0.971. The summed E-state index contributed by atoms with van der Waals surface area (Å²) in [6.45, 7) is 7.22. The summed E-state index contributed by atoms with van der Waals surface area (Å²) in [5.74, 6) is -2.13. The number of aldehydes is 1. The maximum Gasteiger partial charge on any atom is 0.334 e. The van der Waals surface area contributed by atoms with Crippen LogP contribution in [0, 0.1) is 11.8 Å². The van der Waals surface area contributed by atoms with Crippen LogP contribution in [0.3, 0.4) is 0 Å². The Morgan fingerprint density at radius 2 is 2.21 bits per heavy atom. The van der Waals surface area contributed by atoms with E-state index in [9.17, 15) is 19.5 Å². The number of methoxy groups -OCH3 is 1. The van der Waals surface area contributed by atoms with Crippen molar-refractivity contribution in [2.24, 2.45) is 11.8 Å². The van der Waals surface area contributed by atoms with Gasteiger partial charge in [0.1, 0.15) is 24.6 Å². The van der Waals surface area contributed by atoms with Crippen molar-refractivity contribution in [3.05, 3.63) is 35.5 Å². The van der Waals surface area contributed by atoms with Crippen LogP contribution in [0.5, 0.6) is 0 Å². The first kappa shape index (κ1) is 22.0. The Kier molecular flexibility index (Phi) is 7.71. The molecule has 2 aliphatic rings. The standard InChI is InChI=1S/C21H28O7/c1-5-12(2)20(24)28-19-17-13(3)21(25)27-16(17)9-14(10-22)7-6-8-15(11-23)18(19)26-4/h8-9,11-12,16-19,22H,3,5-7,10H2,1-2,4H3/b14-9-,15-8+/t12-,16-,17-,18+,19-/m1/s1. The molecule has 0 aromatic carbocycles. The van der Waals surface area contributed by atoms with Crippen molar-refractivity contribution in [3.63, 3.8) is 0 Å². The van der Waals surface area contributed by atoms with E-state index < -0.39 is 36.2 Å². The summed E-state index contributed by atoms with van der Waals surface area (Å²) >= 11 is 0. The molecule has 0 aromatic heterocycles. The highest BCUT2D eigenvalue weighted by atomic mass is 16.6. The second-order valence-electron chi connectivity index (χ2n) is 7.13. The summed E-state index contributed by atoms with van der Waals surface area (Å²) < 4.78 is 16.7. The lowest BCUT2D eigenvalue weighted by Crippen LogP contribution is -2.44. The lowest BCUT2D eigenvalue weighted by Gasteiger charge is -2.33. The molecule has 0 unspecified atom stereocenters. The number of carbonyl (C=O) groups excluding carboxylic acids is 3. The largest absolute Gasteiger partial charge is 0.458 e. The average Bonchev–Trinajstić information content (AvgIpc) is 2.97. The molecular formula is C21H28O7. The fourth-order valence-corrected chi connectivity index (χ4v) is 3.43. The van der Waals surface area contributed by atoms with Crippen molar-refractivity contribution in [1.29, 1.82) is 0 Å². The molecule has 2 rings (SSSR count). The second kappa shape index (κ2) is 9.80. The molecular weight excluding hydrogens is 364 g/mol. The van der Waals surface area contributed by atoms with Gasteiger partial charge in [0.05, 0.1) is 18.4 Å². The number of carbonyl (C=O) groups is 3. The maximum absolute atomic E-state index is 12.6. The molecule has 1 fully saturated rings. The molecule has 0 saturated carbocycles. The van der Waals surface area contributed by atoms with Crippen LogP contribution >= 0.6 is 0 Å². The highest BCUT2D eigenvalue weighted by Crippen LogP contribution is 2.37. The van der Waals surface area contributed by atoms with Crippen LogP contribution in [0.1, 0.15) is 33.1 Å². The molecule has 0 spiro atoms. The summed E-state index contributed by atoms with van der Waals surface area (Å²) in [5.41, 5.74) is 1.13. The van der Waals surface area contributed by atoms with E-state index in [0.717, 1.165) is 0 Å². The predicted molar refractivity (Wildman–Crippen MR) is 101 cm³/mol. The third kappa shape index (κ3) is 4.59. The maximum atomic E-state index is 12.6. The van der Waals surface area contributed by atoms with Crippen LogP contribution < -0.4 is 0 Å². The van der Waals surface area contributed by atoms with Crippen molar-refractivity contribution < 1.29 is 33.7 Å². The molecule has 1 heterocycles. The fraction of sp³-hybridized carbons (Fsp3) is 0.571. The minimum Gasteiger partial charge on any atom is -0.458 e. The van der Waals surface area contributed by atoms with E-state index in [2.05, 4.69) is 6.58 Å². The van der Waals surface area contributed by atoms with E-state index in [1.165, 1.54) is 7.11 Å². The van der Waals surface area contributed by atoms with E-state index in [-0.39, 0.29) is 18.1 Å². The molecule has 154 valence electrons. The SMILES string of the molecule is C=C1C(=O)O[C@@H]2/C=C(\CO)CC/C=C(\C=O)[C@H](OC)[C@H](OC(=O)[C@H](C)CC)[C@H]12. The molecule has 1 saturated heterocycles. The van der Waals surface area contributed by atoms with Crippen molar-refractivity contribution >= 4 is 18.2 Å². The number of esters is 2. The zero-order valence-electron chi connectivity index (χ0n) is 16.6. The van der Waals surface area contributed by atoms with Crippen LogP contribution in [-0.2, 0) is 28.6 Å². The van der Waals surface area contributed by atoms with E-state index in [0.29, 0.717) is 36.7 Å². The number of allylic oxidation sites excluding steroid dienone is 1. The van der Waals surface area contributed by atoms with Crippen molar-refractivity contribution in [2.45, 2.75) is 51.4 Å². The number of aliphatic hydroxyl groups excluding tert-OH is 1. The van der Waals surface area contributed by atoms with Gasteiger partial charge in [-0.1, -0.05) is 26.5 Å². The molecule has 5 atom stereocenters. The van der Waals surface area contributed by atoms with Gasteiger partial charge >= 0.3 is 11.9 Å². The summed E-state index contributed by atoms with van der Waals surface area (Å²) in [4.78, 5) is 36.5. The van der Waals surface area contributed by atoms with Gasteiger partial charge in [-0.3, -0.25) is 9.59 Å². The number of rotatable bonds is 6. The van der Waals surface area contributed by atoms with Crippen LogP contribution in [0.4, 0.5) is 0 Å². The average molecular weight is 392 g/mol. The number of ether oxygens (including phenoxy) is 3. The quantitative estimate of drug-likeness (QED) is 0.319. The summed E-state index contributed by atoms with van der Waals surface area (Å²) in [6.07, 6.45) is 3.01. The van der Waals surface area contributed by atoms with Gasteiger partial charge in [0, 0.05) is 18.3 Å². The van der Waals surface area contributed by atoms with Gasteiger partial charge < -0.3 is 19.3 Å². The molecule has 1 aliphatic carbocycles. The number of hydrogen-bond donors (Lipinski definition) is 1. The first-order valence-corrected chi connectivity index (χ1v) is 9.46. The molecule has 0 amide bonds. The van der Waals surface area contributed by atoms with E-state index in [4.69, 9.17) is 14.2 Å². The smallest absolute Gasteiger partial charge is 0.334 e. The normalized spacial score (nSPS) is 32.9. The van der Waals surface area contributed by atoms with Gasteiger partial charge in [-0.25, -0.2) is 4.79 Å². The van der Waals surface area contributed by atoms with E-state index >= 15 is 0 Å². The van der Waals surface area contributed by atoms with Crippen LogP contribution in [-0.4, -0.2) is 55.4 Å². The second-order valence-corrected chi connectivity index (χ2v) is 7.13. The Labute approximate surface area is 165 Å². The van der Waals surface area contributed by atoms with E-state index in [1.54, 1.807) is 19.1 Å². The first-order valence-electron chi connectivity index (χ1n) is 9.46. The van der Waals surface area contributed by atoms with Gasteiger partial charge in [0.25, 0.3) is 0 Å². The van der Waals surface area contributed by atoms with Crippen LogP contribution in [0.2, 0.25) is 0 Å². The number of fused-ring (bicyclic) bond motifs is 1. The fourth-order valence-electron chi connectivity index (χ4n) is 3.43. The summed E-state index contributed by atoms with van der Waals surface area (Å²) in [7, 11) is 1.42. The van der Waals surface area contributed by atoms with Crippen LogP contribution in [0.25, 0.3) is 0 Å². The molecule has 1 N–H and O–H groups in total. The molecule has 28 heavy (non-hydrogen) atoms. The molecule has 1 aliphatic heterocycles. The molecule has 0 radical (unpaired) electrons. The van der Waals surface area contributed by atoms with E-state index in [1.807, 2.05) is 6.92 Å². The molecule has 7 nitrogen and oxygen atoms in total. The predicted octanol–water partition coefficient (Wildman–Crippen LogP) is 1.89. The number of aliphatic hydroxyl groups is 1. The van der Waals surface area contributed by atoms with Crippen molar-refractivity contribution in [1.82, 2.24) is 0 Å². The lowest BCUT2D eigenvalue weighted by atomic mass is 9.83. The monoisotopic (exact) mass is 392 g/mol. The van der Waals surface area contributed by atoms with Gasteiger partial charge in [-0.15, -0.1) is 0 Å². The number of hydrogen-bond acceptors (Lipinski definition) is 7. The Bertz CT molecular complexity index is 691. The summed E-state index contributed by atoms with van der Waals surface area (Å²) in [6, 6.07) is 0. The third-order valence-electron chi connectivity index (χ3n) is 5.35. The molecule has 7 heteroatoms. The minimum absolute atomic E-state index is 0.147. The van der Waals surface area contributed by atoms with Gasteiger partial charge in [0.2, 0.25) is 0 Å². The van der Waals surface area contributed by atoms with Gasteiger partial charge in [0.15, 0.2) is 0 Å². The third-order valence-corrected chi connectivity index (χ3v) is 5.35.